The number of aliphatic carboxylic acids is 1. The molecule has 29 heavy (non-hydrogen) atoms. The fourth-order valence-corrected chi connectivity index (χ4v) is 4.09. The van der Waals surface area contributed by atoms with E-state index in [9.17, 15) is 23.1 Å². The lowest BCUT2D eigenvalue weighted by molar-refractivity contribution is -0.140. The summed E-state index contributed by atoms with van der Waals surface area (Å²) in [7, 11) is -3.75. The normalized spacial score (nSPS) is 14.6. The summed E-state index contributed by atoms with van der Waals surface area (Å²) in [5.41, 5.74) is 4.18. The van der Waals surface area contributed by atoms with Crippen LogP contribution in [0, 0.1) is 0 Å². The molecule has 2 aromatic carbocycles. The van der Waals surface area contributed by atoms with Gasteiger partial charge in [-0.2, -0.15) is 0 Å². The van der Waals surface area contributed by atoms with Crippen molar-refractivity contribution in [2.24, 2.45) is 0 Å². The molecular formula is C21H23NO6S. The smallest absolute Gasteiger partial charge is 0.407 e. The van der Waals surface area contributed by atoms with Gasteiger partial charge in [-0.3, -0.25) is 0 Å². The van der Waals surface area contributed by atoms with E-state index in [0.29, 0.717) is 0 Å². The molecule has 1 amide bonds. The van der Waals surface area contributed by atoms with Gasteiger partial charge in [-0.05, 0) is 36.1 Å². The van der Waals surface area contributed by atoms with Crippen LogP contribution in [-0.2, 0) is 19.4 Å². The number of carboxylic acids is 1. The molecule has 0 fully saturated rings. The molecule has 1 atom stereocenters. The maximum absolute atomic E-state index is 12.3. The monoisotopic (exact) mass is 417 g/mol. The molecule has 7 nitrogen and oxygen atoms in total. The van der Waals surface area contributed by atoms with Crippen molar-refractivity contribution >= 4 is 21.9 Å². The second-order valence-electron chi connectivity index (χ2n) is 7.62. The maximum atomic E-state index is 12.3. The third-order valence-corrected chi connectivity index (χ3v) is 7.65. The van der Waals surface area contributed by atoms with Crippen molar-refractivity contribution in [1.29, 1.82) is 0 Å². The Morgan fingerprint density at radius 1 is 1.07 bits per heavy atom. The average molecular weight is 417 g/mol. The minimum atomic E-state index is -3.75. The number of fused-ring (bicyclic) bond motifs is 3. The molecule has 8 heteroatoms. The Morgan fingerprint density at radius 3 is 2.00 bits per heavy atom. The molecule has 2 N–H and O–H groups in total. The fraction of sp³-hybridized carbons (Fsp3) is 0.333. The molecule has 0 aliphatic heterocycles. The SMILES string of the molecule is CC(C)([C@H](NC(=O)OCC1c2ccccc2-c2ccccc21)C(=O)O)S(C)(=O)=O. The molecule has 2 aromatic rings. The van der Waals surface area contributed by atoms with Gasteiger partial charge in [0.25, 0.3) is 0 Å². The van der Waals surface area contributed by atoms with Crippen LogP contribution in [0.3, 0.4) is 0 Å². The molecule has 0 heterocycles. The van der Waals surface area contributed by atoms with Crippen LogP contribution in [-0.4, -0.2) is 49.2 Å². The molecule has 0 bridgehead atoms. The van der Waals surface area contributed by atoms with E-state index < -0.39 is 32.7 Å². The van der Waals surface area contributed by atoms with Crippen molar-refractivity contribution in [3.05, 3.63) is 59.7 Å². The van der Waals surface area contributed by atoms with E-state index in [-0.39, 0.29) is 12.5 Å². The van der Waals surface area contributed by atoms with Crippen molar-refractivity contribution in [3.8, 4) is 11.1 Å². The Bertz CT molecular complexity index is 1010. The summed E-state index contributed by atoms with van der Waals surface area (Å²) in [5.74, 6) is -1.63. The topological polar surface area (TPSA) is 110 Å². The Morgan fingerprint density at radius 2 is 1.55 bits per heavy atom. The molecule has 1 aliphatic rings. The first-order valence-corrected chi connectivity index (χ1v) is 11.0. The van der Waals surface area contributed by atoms with Crippen LogP contribution in [0.4, 0.5) is 4.79 Å². The molecule has 3 rings (SSSR count). The highest BCUT2D eigenvalue weighted by atomic mass is 32.2. The Kier molecular flexibility index (Phi) is 5.40. The summed E-state index contributed by atoms with van der Waals surface area (Å²) in [6.07, 6.45) is -0.0431. The standard InChI is InChI=1S/C21H23NO6S/c1-21(2,29(3,26)27)18(19(23)24)22-20(25)28-12-17-15-10-6-4-8-13(15)14-9-5-7-11-16(14)17/h4-11,17-18H,12H2,1-3H3,(H,22,25)(H,23,24)/t18-/m1/s1. The first-order chi connectivity index (χ1) is 13.5. The lowest BCUT2D eigenvalue weighted by atomic mass is 9.98. The number of carboxylic acid groups (broad SMARTS) is 1. The summed E-state index contributed by atoms with van der Waals surface area (Å²) in [4.78, 5) is 23.9. The second kappa shape index (κ2) is 7.51. The molecule has 154 valence electrons. The quantitative estimate of drug-likeness (QED) is 0.748. The number of amides is 1. The molecule has 0 unspecified atom stereocenters. The highest BCUT2D eigenvalue weighted by Crippen LogP contribution is 2.44. The van der Waals surface area contributed by atoms with Crippen LogP contribution >= 0.6 is 0 Å². The summed E-state index contributed by atoms with van der Waals surface area (Å²) in [6, 6.07) is 14.0. The van der Waals surface area contributed by atoms with E-state index in [1.807, 2.05) is 48.5 Å². The van der Waals surface area contributed by atoms with Gasteiger partial charge in [0, 0.05) is 12.2 Å². The molecule has 0 aromatic heterocycles. The van der Waals surface area contributed by atoms with Crippen LogP contribution < -0.4 is 5.32 Å². The first-order valence-electron chi connectivity index (χ1n) is 9.08. The molecule has 0 saturated carbocycles. The molecule has 0 radical (unpaired) electrons. The van der Waals surface area contributed by atoms with E-state index in [0.717, 1.165) is 28.5 Å². The Labute approximate surface area is 169 Å². The number of sulfone groups is 1. The zero-order valence-corrected chi connectivity index (χ0v) is 17.2. The van der Waals surface area contributed by atoms with Crippen LogP contribution in [0.15, 0.2) is 48.5 Å². The number of benzene rings is 2. The fourth-order valence-electron chi connectivity index (χ4n) is 3.50. The van der Waals surface area contributed by atoms with Gasteiger partial charge in [-0.15, -0.1) is 0 Å². The van der Waals surface area contributed by atoms with Crippen LogP contribution in [0.1, 0.15) is 30.9 Å². The average Bonchev–Trinajstić information content (AvgIpc) is 2.97. The van der Waals surface area contributed by atoms with Gasteiger partial charge in [0.15, 0.2) is 9.84 Å². The highest BCUT2D eigenvalue weighted by Gasteiger charge is 2.45. The van der Waals surface area contributed by atoms with Gasteiger partial charge >= 0.3 is 12.1 Å². The predicted molar refractivity (Wildman–Crippen MR) is 109 cm³/mol. The van der Waals surface area contributed by atoms with E-state index in [1.165, 1.54) is 13.8 Å². The number of ether oxygens (including phenoxy) is 1. The number of carbonyl (C=O) groups excluding carboxylic acids is 1. The molecular weight excluding hydrogens is 394 g/mol. The van der Waals surface area contributed by atoms with Gasteiger partial charge < -0.3 is 15.2 Å². The highest BCUT2D eigenvalue weighted by molar-refractivity contribution is 7.92. The van der Waals surface area contributed by atoms with Gasteiger partial charge in [0.1, 0.15) is 12.6 Å². The zero-order valence-electron chi connectivity index (χ0n) is 16.4. The van der Waals surface area contributed by atoms with Crippen molar-refractivity contribution < 1.29 is 27.9 Å². The van der Waals surface area contributed by atoms with Crippen molar-refractivity contribution in [2.75, 3.05) is 12.9 Å². The van der Waals surface area contributed by atoms with E-state index in [2.05, 4.69) is 5.32 Å². The summed E-state index contributed by atoms with van der Waals surface area (Å²) in [5, 5.41) is 11.6. The number of hydrogen-bond donors (Lipinski definition) is 2. The van der Waals surface area contributed by atoms with Gasteiger partial charge in [-0.1, -0.05) is 48.5 Å². The van der Waals surface area contributed by atoms with Gasteiger partial charge in [0.05, 0.1) is 4.75 Å². The third-order valence-electron chi connectivity index (χ3n) is 5.50. The second-order valence-corrected chi connectivity index (χ2v) is 10.2. The zero-order chi connectivity index (χ0) is 21.4. The van der Waals surface area contributed by atoms with Crippen molar-refractivity contribution in [3.63, 3.8) is 0 Å². The lowest BCUT2D eigenvalue weighted by Crippen LogP contribution is -2.57. The van der Waals surface area contributed by atoms with Crippen molar-refractivity contribution in [1.82, 2.24) is 5.32 Å². The van der Waals surface area contributed by atoms with Gasteiger partial charge in [-0.25, -0.2) is 18.0 Å². The van der Waals surface area contributed by atoms with E-state index >= 15 is 0 Å². The Balaban J connectivity index is 1.77. The third kappa shape index (κ3) is 3.85. The summed E-state index contributed by atoms with van der Waals surface area (Å²) >= 11 is 0. The minimum Gasteiger partial charge on any atom is -0.480 e. The van der Waals surface area contributed by atoms with Crippen LogP contribution in [0.25, 0.3) is 11.1 Å². The number of rotatable bonds is 6. The van der Waals surface area contributed by atoms with Gasteiger partial charge in [0.2, 0.25) is 0 Å². The van der Waals surface area contributed by atoms with Crippen molar-refractivity contribution in [2.45, 2.75) is 30.6 Å². The van der Waals surface area contributed by atoms with Crippen LogP contribution in [0.2, 0.25) is 0 Å². The van der Waals surface area contributed by atoms with E-state index in [4.69, 9.17) is 4.74 Å². The Hall–Kier alpha value is -2.87. The number of nitrogens with one attached hydrogen (secondary N) is 1. The lowest BCUT2D eigenvalue weighted by Gasteiger charge is -2.29. The molecule has 1 aliphatic carbocycles. The molecule has 0 saturated heterocycles. The maximum Gasteiger partial charge on any atom is 0.407 e. The molecule has 0 spiro atoms. The van der Waals surface area contributed by atoms with E-state index in [1.54, 1.807) is 0 Å². The first kappa shape index (κ1) is 20.9. The number of alkyl carbamates (subject to hydrolysis) is 1. The summed E-state index contributed by atoms with van der Waals surface area (Å²) < 4.78 is 27.5. The van der Waals surface area contributed by atoms with Crippen LogP contribution in [0.5, 0.6) is 0 Å². The number of carbonyl (C=O) groups is 2. The summed E-state index contributed by atoms with van der Waals surface area (Å²) in [6.45, 7) is 2.52. The largest absolute Gasteiger partial charge is 0.480 e. The number of hydrogen-bond acceptors (Lipinski definition) is 5. The predicted octanol–water partition coefficient (Wildman–Crippen LogP) is 2.80. The minimum absolute atomic E-state index is 0.00546.